The van der Waals surface area contributed by atoms with Gasteiger partial charge in [-0.05, 0) is 26.3 Å². The van der Waals surface area contributed by atoms with Crippen LogP contribution in [0.2, 0.25) is 0 Å². The molecule has 18 heavy (non-hydrogen) atoms. The molecular weight excluding hydrogens is 295 g/mol. The lowest BCUT2D eigenvalue weighted by atomic mass is 10.0. The number of halogens is 4. The Labute approximate surface area is 110 Å². The molecule has 1 rings (SSSR count). The first-order valence-electron chi connectivity index (χ1n) is 5.27. The molecule has 0 aromatic carbocycles. The summed E-state index contributed by atoms with van der Waals surface area (Å²) in [5, 5.41) is 3.05. The number of alkyl halides is 3. The molecule has 1 fully saturated rings. The number of hydrogen-bond donors (Lipinski definition) is 3. The van der Waals surface area contributed by atoms with Crippen molar-refractivity contribution in [1.82, 2.24) is 14.8 Å². The zero-order valence-corrected chi connectivity index (χ0v) is 11.4. The predicted octanol–water partition coefficient (Wildman–Crippen LogP) is 0.535. The van der Waals surface area contributed by atoms with Crippen LogP contribution < -0.4 is 14.8 Å². The minimum Gasteiger partial charge on any atom is -0.313 e. The van der Waals surface area contributed by atoms with Gasteiger partial charge in [-0.15, -0.1) is 12.4 Å². The van der Waals surface area contributed by atoms with Crippen LogP contribution in [0.5, 0.6) is 0 Å². The Morgan fingerprint density at radius 2 is 2.00 bits per heavy atom. The third-order valence-electron chi connectivity index (χ3n) is 2.53. The smallest absolute Gasteiger partial charge is 0.313 e. The zero-order chi connectivity index (χ0) is 13.1. The van der Waals surface area contributed by atoms with Crippen LogP contribution in [-0.2, 0) is 10.2 Å². The normalized spacial score (nSPS) is 25.6. The molecule has 0 radical (unpaired) electrons. The van der Waals surface area contributed by atoms with Crippen LogP contribution in [-0.4, -0.2) is 39.8 Å². The van der Waals surface area contributed by atoms with Crippen LogP contribution >= 0.6 is 12.4 Å². The van der Waals surface area contributed by atoms with Gasteiger partial charge >= 0.3 is 6.18 Å². The zero-order valence-electron chi connectivity index (χ0n) is 9.75. The van der Waals surface area contributed by atoms with Crippen molar-refractivity contribution in [3.63, 3.8) is 0 Å². The Morgan fingerprint density at radius 3 is 2.50 bits per heavy atom. The number of piperidine rings is 1. The van der Waals surface area contributed by atoms with E-state index in [2.05, 4.69) is 10.0 Å². The molecule has 3 N–H and O–H groups in total. The maximum absolute atomic E-state index is 11.9. The van der Waals surface area contributed by atoms with Crippen molar-refractivity contribution in [3.05, 3.63) is 0 Å². The molecule has 0 bridgehead atoms. The number of hydrogen-bond acceptors (Lipinski definition) is 3. The SMILES string of the molecule is CC1NCCCC1NS(=O)(=O)NCC(F)(F)F.Cl. The lowest BCUT2D eigenvalue weighted by molar-refractivity contribution is -0.121. The molecule has 0 amide bonds. The maximum atomic E-state index is 11.9. The van der Waals surface area contributed by atoms with Gasteiger partial charge in [0.2, 0.25) is 0 Å². The summed E-state index contributed by atoms with van der Waals surface area (Å²) in [4.78, 5) is 0. The Hall–Kier alpha value is -0.0900. The molecule has 110 valence electrons. The molecule has 0 saturated carbocycles. The van der Waals surface area contributed by atoms with Gasteiger partial charge in [0.1, 0.15) is 6.54 Å². The van der Waals surface area contributed by atoms with E-state index in [9.17, 15) is 21.6 Å². The first-order chi connectivity index (χ1) is 7.70. The van der Waals surface area contributed by atoms with E-state index in [1.165, 1.54) is 4.72 Å². The van der Waals surface area contributed by atoms with Gasteiger partial charge in [0.25, 0.3) is 10.2 Å². The summed E-state index contributed by atoms with van der Waals surface area (Å²) in [7, 11) is -4.11. The molecule has 1 aliphatic heterocycles. The van der Waals surface area contributed by atoms with Crippen LogP contribution in [0.1, 0.15) is 19.8 Å². The average Bonchev–Trinajstić information content (AvgIpc) is 2.18. The predicted molar refractivity (Wildman–Crippen MR) is 63.8 cm³/mol. The first-order valence-corrected chi connectivity index (χ1v) is 6.75. The van der Waals surface area contributed by atoms with Gasteiger partial charge in [-0.1, -0.05) is 0 Å². The van der Waals surface area contributed by atoms with Gasteiger partial charge in [-0.2, -0.15) is 31.0 Å². The third kappa shape index (κ3) is 6.74. The highest BCUT2D eigenvalue weighted by atomic mass is 35.5. The van der Waals surface area contributed by atoms with Crippen LogP contribution in [0.15, 0.2) is 0 Å². The van der Waals surface area contributed by atoms with E-state index < -0.39 is 22.9 Å². The molecule has 0 spiro atoms. The molecule has 0 aromatic heterocycles. The Kier molecular flexibility index (Phi) is 6.86. The molecule has 1 saturated heterocycles. The Morgan fingerprint density at radius 1 is 1.39 bits per heavy atom. The average molecular weight is 312 g/mol. The summed E-state index contributed by atoms with van der Waals surface area (Å²) >= 11 is 0. The molecule has 0 aliphatic carbocycles. The quantitative estimate of drug-likeness (QED) is 0.709. The van der Waals surface area contributed by atoms with E-state index in [0.717, 1.165) is 13.0 Å². The lowest BCUT2D eigenvalue weighted by Crippen LogP contribution is -2.55. The third-order valence-corrected chi connectivity index (χ3v) is 3.67. The molecule has 5 nitrogen and oxygen atoms in total. The van der Waals surface area contributed by atoms with E-state index in [-0.39, 0.29) is 24.5 Å². The fourth-order valence-corrected chi connectivity index (χ4v) is 2.78. The van der Waals surface area contributed by atoms with Gasteiger partial charge in [0, 0.05) is 12.1 Å². The summed E-state index contributed by atoms with van der Waals surface area (Å²) in [5.74, 6) is 0. The topological polar surface area (TPSA) is 70.2 Å². The van der Waals surface area contributed by atoms with Crippen LogP contribution in [0.4, 0.5) is 13.2 Å². The van der Waals surface area contributed by atoms with Crippen molar-refractivity contribution in [1.29, 1.82) is 0 Å². The van der Waals surface area contributed by atoms with Gasteiger partial charge in [-0.3, -0.25) is 0 Å². The number of nitrogens with one attached hydrogen (secondary N) is 3. The number of rotatable bonds is 4. The molecule has 10 heteroatoms. The highest BCUT2D eigenvalue weighted by molar-refractivity contribution is 7.87. The van der Waals surface area contributed by atoms with E-state index in [0.29, 0.717) is 6.42 Å². The van der Waals surface area contributed by atoms with Crippen molar-refractivity contribution in [2.24, 2.45) is 0 Å². The minimum absolute atomic E-state index is 0. The first kappa shape index (κ1) is 17.9. The van der Waals surface area contributed by atoms with Crippen LogP contribution in [0.3, 0.4) is 0 Å². The lowest BCUT2D eigenvalue weighted by Gasteiger charge is -2.30. The van der Waals surface area contributed by atoms with Crippen LogP contribution in [0, 0.1) is 0 Å². The van der Waals surface area contributed by atoms with Gasteiger partial charge in [0.15, 0.2) is 0 Å². The summed E-state index contributed by atoms with van der Waals surface area (Å²) in [5.41, 5.74) is 0. The van der Waals surface area contributed by atoms with Crippen LogP contribution in [0.25, 0.3) is 0 Å². The second-order valence-electron chi connectivity index (χ2n) is 4.05. The fourth-order valence-electron chi connectivity index (χ4n) is 1.62. The monoisotopic (exact) mass is 311 g/mol. The van der Waals surface area contributed by atoms with E-state index >= 15 is 0 Å². The van der Waals surface area contributed by atoms with Gasteiger partial charge in [0.05, 0.1) is 0 Å². The largest absolute Gasteiger partial charge is 0.402 e. The second kappa shape index (κ2) is 6.90. The van der Waals surface area contributed by atoms with Crippen molar-refractivity contribution in [2.45, 2.75) is 38.0 Å². The second-order valence-corrected chi connectivity index (χ2v) is 5.58. The summed E-state index contributed by atoms with van der Waals surface area (Å²) < 4.78 is 62.0. The standard InChI is InChI=1S/C8H16F3N3O2S.ClH/c1-6-7(3-2-4-12-6)14-17(15,16)13-5-8(9,10)11;/h6-7,12-14H,2-5H2,1H3;1H. The Balaban J connectivity index is 0.00000289. The summed E-state index contributed by atoms with van der Waals surface area (Å²) in [6, 6.07) is -0.472. The van der Waals surface area contributed by atoms with Crippen molar-refractivity contribution < 1.29 is 21.6 Å². The molecule has 2 unspecified atom stereocenters. The van der Waals surface area contributed by atoms with Crippen molar-refractivity contribution in [3.8, 4) is 0 Å². The molecule has 2 atom stereocenters. The highest BCUT2D eigenvalue weighted by Gasteiger charge is 2.31. The summed E-state index contributed by atoms with van der Waals surface area (Å²) in [6.45, 7) is 1.02. The molecule has 1 aliphatic rings. The van der Waals surface area contributed by atoms with E-state index in [1.54, 1.807) is 6.92 Å². The molecule has 1 heterocycles. The van der Waals surface area contributed by atoms with E-state index in [4.69, 9.17) is 0 Å². The van der Waals surface area contributed by atoms with Crippen molar-refractivity contribution in [2.75, 3.05) is 13.1 Å². The Bertz CT molecular complexity index is 350. The molecule has 0 aromatic rings. The summed E-state index contributed by atoms with van der Waals surface area (Å²) in [6.07, 6.45) is -3.15. The van der Waals surface area contributed by atoms with Gasteiger partial charge in [-0.25, -0.2) is 0 Å². The van der Waals surface area contributed by atoms with E-state index in [1.807, 2.05) is 0 Å². The minimum atomic E-state index is -4.55. The fraction of sp³-hybridized carbons (Fsp3) is 1.00. The maximum Gasteiger partial charge on any atom is 0.402 e. The molecular formula is C8H17ClF3N3O2S. The van der Waals surface area contributed by atoms with Crippen molar-refractivity contribution >= 4 is 22.6 Å². The highest BCUT2D eigenvalue weighted by Crippen LogP contribution is 2.13. The van der Waals surface area contributed by atoms with Gasteiger partial charge < -0.3 is 5.32 Å².